The molecule has 110 valence electrons. The number of nitrogens with zero attached hydrogens (tertiary/aromatic N) is 1. The van der Waals surface area contributed by atoms with Crippen molar-refractivity contribution in [1.29, 1.82) is 0 Å². The van der Waals surface area contributed by atoms with Gasteiger partial charge in [0.1, 0.15) is 5.69 Å². The largest absolute Gasteiger partial charge is 0.379 e. The van der Waals surface area contributed by atoms with E-state index in [-0.39, 0.29) is 11.4 Å². The van der Waals surface area contributed by atoms with Crippen molar-refractivity contribution in [2.75, 3.05) is 5.32 Å². The zero-order chi connectivity index (χ0) is 14.6. The quantitative estimate of drug-likeness (QED) is 0.889. The van der Waals surface area contributed by atoms with Crippen LogP contribution in [0.25, 0.3) is 0 Å². The zero-order valence-corrected chi connectivity index (χ0v) is 12.7. The molecule has 0 atom stereocenters. The molecule has 0 aromatic carbocycles. The summed E-state index contributed by atoms with van der Waals surface area (Å²) in [5.41, 5.74) is 1.43. The fourth-order valence-electron chi connectivity index (χ4n) is 2.54. The molecule has 20 heavy (non-hydrogen) atoms. The van der Waals surface area contributed by atoms with Gasteiger partial charge in [0, 0.05) is 11.6 Å². The number of amides is 1. The van der Waals surface area contributed by atoms with E-state index in [1.807, 2.05) is 6.07 Å². The second-order valence-corrected chi connectivity index (χ2v) is 6.62. The average molecular weight is 275 g/mol. The summed E-state index contributed by atoms with van der Waals surface area (Å²) in [6, 6.07) is 4.02. The maximum atomic E-state index is 12.1. The van der Waals surface area contributed by atoms with Crippen LogP contribution in [-0.4, -0.2) is 22.5 Å². The second-order valence-electron chi connectivity index (χ2n) is 6.62. The number of nitrogens with one attached hydrogen (secondary N) is 2. The first-order valence-corrected chi connectivity index (χ1v) is 7.49. The topological polar surface area (TPSA) is 54.0 Å². The molecule has 1 saturated carbocycles. The molecule has 4 nitrogen and oxygen atoms in total. The molecule has 2 rings (SSSR count). The summed E-state index contributed by atoms with van der Waals surface area (Å²) in [4.78, 5) is 16.4. The van der Waals surface area contributed by atoms with Gasteiger partial charge in [-0.2, -0.15) is 0 Å². The van der Waals surface area contributed by atoms with Crippen LogP contribution in [0.1, 0.15) is 63.4 Å². The van der Waals surface area contributed by atoms with Gasteiger partial charge in [-0.3, -0.25) is 4.79 Å². The van der Waals surface area contributed by atoms with Crippen molar-refractivity contribution >= 4 is 11.6 Å². The lowest BCUT2D eigenvalue weighted by Crippen LogP contribution is -2.36. The minimum atomic E-state index is -0.0563. The highest BCUT2D eigenvalue weighted by Crippen LogP contribution is 2.18. The second kappa shape index (κ2) is 6.25. The summed E-state index contributed by atoms with van der Waals surface area (Å²) in [6.07, 6.45) is 7.63. The Morgan fingerprint density at radius 3 is 2.45 bits per heavy atom. The van der Waals surface area contributed by atoms with Gasteiger partial charge in [-0.05, 0) is 45.7 Å². The highest BCUT2D eigenvalue weighted by atomic mass is 16.1. The van der Waals surface area contributed by atoms with Gasteiger partial charge in [0.15, 0.2) is 0 Å². The van der Waals surface area contributed by atoms with Crippen molar-refractivity contribution in [2.24, 2.45) is 0 Å². The van der Waals surface area contributed by atoms with Gasteiger partial charge in [0.05, 0.1) is 11.9 Å². The van der Waals surface area contributed by atoms with Crippen LogP contribution in [0.5, 0.6) is 0 Å². The van der Waals surface area contributed by atoms with Crippen molar-refractivity contribution in [1.82, 2.24) is 10.3 Å². The van der Waals surface area contributed by atoms with E-state index in [0.717, 1.165) is 18.5 Å². The van der Waals surface area contributed by atoms with Crippen LogP contribution in [0.2, 0.25) is 0 Å². The van der Waals surface area contributed by atoms with E-state index in [1.54, 1.807) is 12.3 Å². The van der Waals surface area contributed by atoms with Crippen LogP contribution in [0.4, 0.5) is 5.69 Å². The summed E-state index contributed by atoms with van der Waals surface area (Å²) in [7, 11) is 0. The van der Waals surface area contributed by atoms with E-state index in [9.17, 15) is 4.79 Å². The number of hydrogen-bond donors (Lipinski definition) is 2. The van der Waals surface area contributed by atoms with Crippen LogP contribution in [0.3, 0.4) is 0 Å². The zero-order valence-electron chi connectivity index (χ0n) is 12.7. The molecule has 1 aromatic rings. The molecule has 0 saturated heterocycles. The SMILES string of the molecule is CC(C)(C)Nc1ccc(C(=O)NC2CCCCC2)nc1. The van der Waals surface area contributed by atoms with Gasteiger partial charge >= 0.3 is 0 Å². The Bertz CT molecular complexity index is 442. The molecule has 0 radical (unpaired) electrons. The van der Waals surface area contributed by atoms with Crippen LogP contribution in [0.15, 0.2) is 18.3 Å². The molecule has 1 amide bonds. The molecule has 0 spiro atoms. The van der Waals surface area contributed by atoms with Crippen molar-refractivity contribution < 1.29 is 4.79 Å². The maximum Gasteiger partial charge on any atom is 0.270 e. The van der Waals surface area contributed by atoms with Gasteiger partial charge < -0.3 is 10.6 Å². The Labute approximate surface area is 121 Å². The predicted molar refractivity (Wildman–Crippen MR) is 82.0 cm³/mol. The molecule has 0 aliphatic heterocycles. The Balaban J connectivity index is 1.93. The minimum absolute atomic E-state index is 0.00640. The number of hydrogen-bond acceptors (Lipinski definition) is 3. The van der Waals surface area contributed by atoms with Crippen LogP contribution >= 0.6 is 0 Å². The predicted octanol–water partition coefficient (Wildman–Crippen LogP) is 3.35. The molecule has 1 fully saturated rings. The number of rotatable bonds is 3. The summed E-state index contributed by atoms with van der Waals surface area (Å²) >= 11 is 0. The molecule has 1 heterocycles. The fourth-order valence-corrected chi connectivity index (χ4v) is 2.54. The standard InChI is InChI=1S/C16H25N3O/c1-16(2,3)19-13-9-10-14(17-11-13)15(20)18-12-7-5-4-6-8-12/h9-12,19H,4-8H2,1-3H3,(H,18,20). The third-order valence-corrected chi connectivity index (χ3v) is 3.46. The van der Waals surface area contributed by atoms with Gasteiger partial charge in [-0.15, -0.1) is 0 Å². The van der Waals surface area contributed by atoms with E-state index in [0.29, 0.717) is 11.7 Å². The molecule has 1 aromatic heterocycles. The Morgan fingerprint density at radius 2 is 1.90 bits per heavy atom. The van der Waals surface area contributed by atoms with Crippen molar-refractivity contribution in [3.63, 3.8) is 0 Å². The Hall–Kier alpha value is -1.58. The number of carbonyl (C=O) groups excluding carboxylic acids is 1. The monoisotopic (exact) mass is 275 g/mol. The van der Waals surface area contributed by atoms with E-state index in [4.69, 9.17) is 0 Å². The number of carbonyl (C=O) groups is 1. The first kappa shape index (κ1) is 14.8. The van der Waals surface area contributed by atoms with E-state index >= 15 is 0 Å². The van der Waals surface area contributed by atoms with Gasteiger partial charge in [0.25, 0.3) is 5.91 Å². The van der Waals surface area contributed by atoms with Crippen molar-refractivity contribution in [3.8, 4) is 0 Å². The van der Waals surface area contributed by atoms with Crippen molar-refractivity contribution in [3.05, 3.63) is 24.0 Å². The maximum absolute atomic E-state index is 12.1. The van der Waals surface area contributed by atoms with Crippen molar-refractivity contribution in [2.45, 2.75) is 64.5 Å². The lowest BCUT2D eigenvalue weighted by atomic mass is 9.95. The molecule has 1 aliphatic carbocycles. The number of pyridine rings is 1. The molecule has 0 unspecified atom stereocenters. The molecular weight excluding hydrogens is 250 g/mol. The van der Waals surface area contributed by atoms with Crippen LogP contribution in [0, 0.1) is 0 Å². The highest BCUT2D eigenvalue weighted by Gasteiger charge is 2.17. The smallest absolute Gasteiger partial charge is 0.270 e. The summed E-state index contributed by atoms with van der Waals surface area (Å²) in [5, 5.41) is 6.42. The van der Waals surface area contributed by atoms with E-state index in [1.165, 1.54) is 19.3 Å². The van der Waals surface area contributed by atoms with E-state index in [2.05, 4.69) is 36.4 Å². The Morgan fingerprint density at radius 1 is 1.20 bits per heavy atom. The normalized spacial score (nSPS) is 16.8. The summed E-state index contributed by atoms with van der Waals surface area (Å²) < 4.78 is 0. The lowest BCUT2D eigenvalue weighted by Gasteiger charge is -2.23. The minimum Gasteiger partial charge on any atom is -0.379 e. The summed E-state index contributed by atoms with van der Waals surface area (Å²) in [6.45, 7) is 6.28. The van der Waals surface area contributed by atoms with E-state index < -0.39 is 0 Å². The lowest BCUT2D eigenvalue weighted by molar-refractivity contribution is 0.0922. The fraction of sp³-hybridized carbons (Fsp3) is 0.625. The van der Waals surface area contributed by atoms with Gasteiger partial charge in [-0.25, -0.2) is 4.98 Å². The summed E-state index contributed by atoms with van der Waals surface area (Å²) in [5.74, 6) is -0.0563. The highest BCUT2D eigenvalue weighted by molar-refractivity contribution is 5.92. The Kier molecular flexibility index (Phi) is 4.63. The molecular formula is C16H25N3O. The molecule has 2 N–H and O–H groups in total. The van der Waals surface area contributed by atoms with Gasteiger partial charge in [-0.1, -0.05) is 19.3 Å². The van der Waals surface area contributed by atoms with Gasteiger partial charge in [0.2, 0.25) is 0 Å². The third kappa shape index (κ3) is 4.51. The number of anilines is 1. The molecule has 1 aliphatic rings. The third-order valence-electron chi connectivity index (χ3n) is 3.46. The first-order chi connectivity index (χ1) is 9.44. The van der Waals surface area contributed by atoms with Crippen LogP contribution in [-0.2, 0) is 0 Å². The molecule has 0 bridgehead atoms. The molecule has 4 heteroatoms. The average Bonchev–Trinajstić information content (AvgIpc) is 2.39. The number of aromatic nitrogens is 1. The van der Waals surface area contributed by atoms with Crippen LogP contribution < -0.4 is 10.6 Å². The first-order valence-electron chi connectivity index (χ1n) is 7.49.